The van der Waals surface area contributed by atoms with Crippen molar-refractivity contribution in [1.82, 2.24) is 0 Å². The maximum Gasteiger partial charge on any atom is 0.0934 e. The van der Waals surface area contributed by atoms with Crippen LogP contribution in [0.3, 0.4) is 0 Å². The van der Waals surface area contributed by atoms with Crippen molar-refractivity contribution < 1.29 is 0 Å². The number of hydrogen-bond acceptors (Lipinski definition) is 1. The maximum absolute atomic E-state index is 6.63. The molecule has 0 aliphatic rings. The molecule has 0 nitrogen and oxygen atoms in total. The molecule has 96 valence electrons. The fraction of sp³-hybridized carbons (Fsp3) is 0.125. The molecule has 0 aliphatic heterocycles. The number of thiophene rings is 1. The number of halogens is 2. The van der Waals surface area contributed by atoms with Crippen molar-refractivity contribution in [2.75, 3.05) is 0 Å². The van der Waals surface area contributed by atoms with Gasteiger partial charge in [-0.1, -0.05) is 48.0 Å². The Morgan fingerprint density at radius 1 is 0.947 bits per heavy atom. The lowest BCUT2D eigenvalue weighted by molar-refractivity contribution is 1.20. The molecule has 19 heavy (non-hydrogen) atoms. The number of aryl methyl sites for hydroxylation is 1. The Balaban J connectivity index is 2.18. The van der Waals surface area contributed by atoms with Gasteiger partial charge in [-0.15, -0.1) is 22.9 Å². The van der Waals surface area contributed by atoms with Crippen molar-refractivity contribution in [3.8, 4) is 0 Å². The molecule has 1 unspecified atom stereocenters. The average Bonchev–Trinajstić information content (AvgIpc) is 2.86. The highest BCUT2D eigenvalue weighted by molar-refractivity contribution is 7.16. The summed E-state index contributed by atoms with van der Waals surface area (Å²) < 4.78 is 0.775. The largest absolute Gasteiger partial charge is 0.127 e. The number of hydrogen-bond donors (Lipinski definition) is 0. The van der Waals surface area contributed by atoms with Gasteiger partial charge in [-0.3, -0.25) is 0 Å². The van der Waals surface area contributed by atoms with Crippen LogP contribution in [0, 0.1) is 6.92 Å². The predicted octanol–water partition coefficient (Wildman–Crippen LogP) is 6.19. The first-order valence-electron chi connectivity index (χ1n) is 6.04. The first-order chi connectivity index (χ1) is 9.16. The van der Waals surface area contributed by atoms with E-state index in [0.717, 1.165) is 14.8 Å². The zero-order chi connectivity index (χ0) is 13.4. The molecule has 3 rings (SSSR count). The summed E-state index contributed by atoms with van der Waals surface area (Å²) in [5.41, 5.74) is 2.41. The SMILES string of the molecule is Cc1ccc(C(Cl)c2ccc(Cl)s2)c2ccccc12. The second kappa shape index (κ2) is 5.16. The quantitative estimate of drug-likeness (QED) is 0.495. The molecule has 1 aromatic heterocycles. The Morgan fingerprint density at radius 2 is 1.68 bits per heavy atom. The van der Waals surface area contributed by atoms with E-state index < -0.39 is 0 Å². The van der Waals surface area contributed by atoms with E-state index in [0.29, 0.717) is 0 Å². The summed E-state index contributed by atoms with van der Waals surface area (Å²) in [6.07, 6.45) is 0. The molecule has 3 aromatic rings. The van der Waals surface area contributed by atoms with Crippen LogP contribution < -0.4 is 0 Å². The number of benzene rings is 2. The summed E-state index contributed by atoms with van der Waals surface area (Å²) in [6.45, 7) is 2.12. The maximum atomic E-state index is 6.63. The van der Waals surface area contributed by atoms with E-state index in [9.17, 15) is 0 Å². The zero-order valence-electron chi connectivity index (χ0n) is 10.4. The van der Waals surface area contributed by atoms with E-state index in [1.165, 1.54) is 27.7 Å². The lowest BCUT2D eigenvalue weighted by Crippen LogP contribution is -1.93. The summed E-state index contributed by atoms with van der Waals surface area (Å²) >= 11 is 14.2. The monoisotopic (exact) mass is 306 g/mol. The van der Waals surface area contributed by atoms with Crippen LogP contribution in [-0.4, -0.2) is 0 Å². The van der Waals surface area contributed by atoms with E-state index in [1.807, 2.05) is 12.1 Å². The second-order valence-corrected chi connectivity index (χ2v) is 6.70. The van der Waals surface area contributed by atoms with Crippen molar-refractivity contribution in [2.24, 2.45) is 0 Å². The third-order valence-electron chi connectivity index (χ3n) is 3.29. The molecule has 0 aliphatic carbocycles. The summed E-state index contributed by atoms with van der Waals surface area (Å²) in [6, 6.07) is 16.5. The average molecular weight is 307 g/mol. The van der Waals surface area contributed by atoms with Crippen LogP contribution in [0.4, 0.5) is 0 Å². The molecule has 2 aromatic carbocycles. The van der Waals surface area contributed by atoms with Gasteiger partial charge in [-0.2, -0.15) is 0 Å². The van der Waals surface area contributed by atoms with Crippen molar-refractivity contribution in [2.45, 2.75) is 12.3 Å². The van der Waals surface area contributed by atoms with Crippen molar-refractivity contribution in [1.29, 1.82) is 0 Å². The Morgan fingerprint density at radius 3 is 2.37 bits per heavy atom. The second-order valence-electron chi connectivity index (χ2n) is 4.52. The van der Waals surface area contributed by atoms with Gasteiger partial charge in [0.15, 0.2) is 0 Å². The van der Waals surface area contributed by atoms with Gasteiger partial charge in [0.25, 0.3) is 0 Å². The zero-order valence-corrected chi connectivity index (χ0v) is 12.7. The highest BCUT2D eigenvalue weighted by atomic mass is 35.5. The molecular formula is C16H12Cl2S. The molecule has 0 fully saturated rings. The highest BCUT2D eigenvalue weighted by Gasteiger charge is 2.16. The minimum Gasteiger partial charge on any atom is -0.127 e. The fourth-order valence-electron chi connectivity index (χ4n) is 2.31. The first kappa shape index (κ1) is 13.0. The predicted molar refractivity (Wildman–Crippen MR) is 85.7 cm³/mol. The molecule has 1 heterocycles. The van der Waals surface area contributed by atoms with Crippen LogP contribution in [0.1, 0.15) is 21.4 Å². The smallest absolute Gasteiger partial charge is 0.0934 e. The molecule has 3 heteroatoms. The lowest BCUT2D eigenvalue weighted by atomic mass is 9.98. The van der Waals surface area contributed by atoms with Crippen LogP contribution in [0.25, 0.3) is 10.8 Å². The van der Waals surface area contributed by atoms with E-state index in [1.54, 1.807) is 0 Å². The normalized spacial score (nSPS) is 12.8. The molecule has 0 bridgehead atoms. The van der Waals surface area contributed by atoms with E-state index in [2.05, 4.69) is 43.3 Å². The van der Waals surface area contributed by atoms with E-state index in [-0.39, 0.29) is 5.38 Å². The summed E-state index contributed by atoms with van der Waals surface area (Å²) in [5, 5.41) is 2.32. The molecule has 0 radical (unpaired) electrons. The van der Waals surface area contributed by atoms with Crippen LogP contribution in [0.2, 0.25) is 4.34 Å². The number of fused-ring (bicyclic) bond motifs is 1. The van der Waals surface area contributed by atoms with Crippen molar-refractivity contribution in [3.05, 3.63) is 68.9 Å². The van der Waals surface area contributed by atoms with Gasteiger partial charge in [0.1, 0.15) is 0 Å². The van der Waals surface area contributed by atoms with Gasteiger partial charge in [0.05, 0.1) is 9.71 Å². The number of alkyl halides is 1. The third-order valence-corrected chi connectivity index (χ3v) is 5.19. The molecule has 0 saturated heterocycles. The molecule has 0 N–H and O–H groups in total. The molecule has 0 saturated carbocycles. The van der Waals surface area contributed by atoms with Crippen LogP contribution >= 0.6 is 34.5 Å². The van der Waals surface area contributed by atoms with Gasteiger partial charge in [-0.25, -0.2) is 0 Å². The Kier molecular flexibility index (Phi) is 3.53. The van der Waals surface area contributed by atoms with Gasteiger partial charge in [0, 0.05) is 4.88 Å². The van der Waals surface area contributed by atoms with Gasteiger partial charge >= 0.3 is 0 Å². The third kappa shape index (κ3) is 2.38. The van der Waals surface area contributed by atoms with E-state index >= 15 is 0 Å². The molecule has 0 amide bonds. The van der Waals surface area contributed by atoms with Gasteiger partial charge in [-0.05, 0) is 41.0 Å². The standard InChI is InChI=1S/C16H12Cl2S/c1-10-6-7-13(12-5-3-2-4-11(10)12)16(18)14-8-9-15(17)19-14/h2-9,16H,1H3. The Labute approximate surface area is 126 Å². The topological polar surface area (TPSA) is 0 Å². The van der Waals surface area contributed by atoms with Crippen LogP contribution in [0.5, 0.6) is 0 Å². The summed E-state index contributed by atoms with van der Waals surface area (Å²) in [5.74, 6) is 0. The van der Waals surface area contributed by atoms with Crippen LogP contribution in [-0.2, 0) is 0 Å². The van der Waals surface area contributed by atoms with Gasteiger partial charge in [0.2, 0.25) is 0 Å². The Bertz CT molecular complexity index is 730. The van der Waals surface area contributed by atoms with Crippen molar-refractivity contribution in [3.63, 3.8) is 0 Å². The summed E-state index contributed by atoms with van der Waals surface area (Å²) in [7, 11) is 0. The fourth-order valence-corrected chi connectivity index (χ4v) is 3.77. The summed E-state index contributed by atoms with van der Waals surface area (Å²) in [4.78, 5) is 1.08. The lowest BCUT2D eigenvalue weighted by Gasteiger charge is -2.13. The first-order valence-corrected chi connectivity index (χ1v) is 7.67. The number of rotatable bonds is 2. The Hall–Kier alpha value is -1.02. The minimum absolute atomic E-state index is 0.150. The highest BCUT2D eigenvalue weighted by Crippen LogP contribution is 2.38. The van der Waals surface area contributed by atoms with Crippen molar-refractivity contribution >= 4 is 45.3 Å². The molecule has 0 spiro atoms. The molecular weight excluding hydrogens is 295 g/mol. The minimum atomic E-state index is -0.150. The van der Waals surface area contributed by atoms with E-state index in [4.69, 9.17) is 23.2 Å². The van der Waals surface area contributed by atoms with Gasteiger partial charge < -0.3 is 0 Å². The van der Waals surface area contributed by atoms with Crippen LogP contribution in [0.15, 0.2) is 48.5 Å². The molecule has 1 atom stereocenters.